The van der Waals surface area contributed by atoms with Gasteiger partial charge in [-0.15, -0.1) is 0 Å². The second-order valence-electron chi connectivity index (χ2n) is 4.32. The molecule has 0 aliphatic carbocycles. The summed E-state index contributed by atoms with van der Waals surface area (Å²) in [6.45, 7) is 3.99. The number of benzene rings is 1. The van der Waals surface area contributed by atoms with Gasteiger partial charge in [-0.1, -0.05) is 31.2 Å². The SMILES string of the molecule is CCc1ccc(-c2nc(/C=C/C(=O)O)c(C)[nH]2)cc1. The molecule has 4 heteroatoms. The number of hydrogen-bond acceptors (Lipinski definition) is 2. The van der Waals surface area contributed by atoms with Crippen molar-refractivity contribution in [3.8, 4) is 11.4 Å². The highest BCUT2D eigenvalue weighted by molar-refractivity contribution is 5.85. The second-order valence-corrected chi connectivity index (χ2v) is 4.32. The third-order valence-electron chi connectivity index (χ3n) is 2.94. The van der Waals surface area contributed by atoms with Gasteiger partial charge in [-0.2, -0.15) is 0 Å². The smallest absolute Gasteiger partial charge is 0.328 e. The number of carboxylic acids is 1. The highest BCUT2D eigenvalue weighted by Gasteiger charge is 2.06. The van der Waals surface area contributed by atoms with E-state index in [2.05, 4.69) is 29.0 Å². The molecule has 2 rings (SSSR count). The van der Waals surface area contributed by atoms with Crippen LogP contribution in [-0.4, -0.2) is 21.0 Å². The Labute approximate surface area is 111 Å². The predicted octanol–water partition coefficient (Wildman–Crippen LogP) is 3.05. The number of aromatic amines is 1. The summed E-state index contributed by atoms with van der Waals surface area (Å²) in [5.74, 6) is -0.221. The van der Waals surface area contributed by atoms with Crippen LogP contribution in [0.25, 0.3) is 17.5 Å². The van der Waals surface area contributed by atoms with E-state index in [9.17, 15) is 4.79 Å². The number of imidazole rings is 1. The van der Waals surface area contributed by atoms with Crippen LogP contribution in [0.15, 0.2) is 30.3 Å². The van der Waals surface area contributed by atoms with Gasteiger partial charge in [0.15, 0.2) is 0 Å². The lowest BCUT2D eigenvalue weighted by molar-refractivity contribution is -0.131. The largest absolute Gasteiger partial charge is 0.478 e. The van der Waals surface area contributed by atoms with Crippen molar-refractivity contribution in [3.05, 3.63) is 47.3 Å². The van der Waals surface area contributed by atoms with Gasteiger partial charge in [0.2, 0.25) is 0 Å². The average molecular weight is 256 g/mol. The molecular formula is C15H16N2O2. The van der Waals surface area contributed by atoms with Crippen LogP contribution < -0.4 is 0 Å². The number of carboxylic acid groups (broad SMARTS) is 1. The predicted molar refractivity (Wildman–Crippen MR) is 74.8 cm³/mol. The van der Waals surface area contributed by atoms with Crippen molar-refractivity contribution in [2.24, 2.45) is 0 Å². The van der Waals surface area contributed by atoms with E-state index in [-0.39, 0.29) is 0 Å². The molecule has 0 bridgehead atoms. The normalized spacial score (nSPS) is 11.1. The van der Waals surface area contributed by atoms with Gasteiger partial charge in [-0.3, -0.25) is 0 Å². The van der Waals surface area contributed by atoms with E-state index in [4.69, 9.17) is 5.11 Å². The quantitative estimate of drug-likeness (QED) is 0.826. The maximum atomic E-state index is 10.5. The summed E-state index contributed by atoms with van der Waals surface area (Å²) in [6, 6.07) is 8.17. The summed E-state index contributed by atoms with van der Waals surface area (Å²) in [6.07, 6.45) is 3.59. The first-order chi connectivity index (χ1) is 9.10. The monoisotopic (exact) mass is 256 g/mol. The number of hydrogen-bond donors (Lipinski definition) is 2. The molecule has 1 aromatic heterocycles. The zero-order valence-electron chi connectivity index (χ0n) is 11.0. The van der Waals surface area contributed by atoms with Crippen molar-refractivity contribution < 1.29 is 9.90 Å². The fraction of sp³-hybridized carbons (Fsp3) is 0.200. The Bertz CT molecular complexity index is 610. The summed E-state index contributed by atoms with van der Waals surface area (Å²) in [4.78, 5) is 18.1. The molecule has 0 saturated heterocycles. The molecule has 0 aliphatic heterocycles. The van der Waals surface area contributed by atoms with Crippen molar-refractivity contribution >= 4 is 12.0 Å². The van der Waals surface area contributed by atoms with Crippen LogP contribution >= 0.6 is 0 Å². The van der Waals surface area contributed by atoms with E-state index >= 15 is 0 Å². The lowest BCUT2D eigenvalue weighted by atomic mass is 10.1. The summed E-state index contributed by atoms with van der Waals surface area (Å²) in [5.41, 5.74) is 3.78. The first kappa shape index (κ1) is 13.1. The lowest BCUT2D eigenvalue weighted by Crippen LogP contribution is -1.86. The fourth-order valence-corrected chi connectivity index (χ4v) is 1.82. The molecule has 1 aromatic carbocycles. The second kappa shape index (κ2) is 5.52. The molecule has 0 saturated carbocycles. The van der Waals surface area contributed by atoms with E-state index in [0.717, 1.165) is 29.6 Å². The van der Waals surface area contributed by atoms with Gasteiger partial charge >= 0.3 is 5.97 Å². The van der Waals surface area contributed by atoms with Gasteiger partial charge in [0, 0.05) is 17.3 Å². The van der Waals surface area contributed by atoms with Crippen LogP contribution in [0.5, 0.6) is 0 Å². The molecule has 4 nitrogen and oxygen atoms in total. The van der Waals surface area contributed by atoms with E-state index < -0.39 is 5.97 Å². The number of carbonyl (C=O) groups is 1. The van der Waals surface area contributed by atoms with Gasteiger partial charge in [0.05, 0.1) is 5.69 Å². The summed E-state index contributed by atoms with van der Waals surface area (Å²) < 4.78 is 0. The Balaban J connectivity index is 2.30. The molecule has 19 heavy (non-hydrogen) atoms. The molecule has 1 heterocycles. The first-order valence-corrected chi connectivity index (χ1v) is 6.17. The maximum Gasteiger partial charge on any atom is 0.328 e. The molecule has 0 radical (unpaired) electrons. The lowest BCUT2D eigenvalue weighted by Gasteiger charge is -1.99. The van der Waals surface area contributed by atoms with Gasteiger partial charge in [-0.25, -0.2) is 9.78 Å². The molecular weight excluding hydrogens is 240 g/mol. The van der Waals surface area contributed by atoms with Crippen molar-refractivity contribution in [2.75, 3.05) is 0 Å². The van der Waals surface area contributed by atoms with Crippen LogP contribution in [0.2, 0.25) is 0 Å². The third-order valence-corrected chi connectivity index (χ3v) is 2.94. The summed E-state index contributed by atoms with van der Waals surface area (Å²) in [7, 11) is 0. The van der Waals surface area contributed by atoms with Gasteiger partial charge in [0.1, 0.15) is 5.82 Å². The van der Waals surface area contributed by atoms with Crippen LogP contribution in [0.3, 0.4) is 0 Å². The number of nitrogens with zero attached hydrogens (tertiary/aromatic N) is 1. The number of rotatable bonds is 4. The average Bonchev–Trinajstić information content (AvgIpc) is 2.78. The van der Waals surface area contributed by atoms with Crippen LogP contribution in [0.1, 0.15) is 23.9 Å². The first-order valence-electron chi connectivity index (χ1n) is 6.17. The Morgan fingerprint density at radius 2 is 2.05 bits per heavy atom. The minimum Gasteiger partial charge on any atom is -0.478 e. The standard InChI is InChI=1S/C15H16N2O2/c1-3-11-4-6-12(7-5-11)15-16-10(2)13(17-15)8-9-14(18)19/h4-9H,3H2,1-2H3,(H,16,17)(H,18,19)/b9-8+. The molecule has 0 fully saturated rings. The molecule has 0 atom stereocenters. The summed E-state index contributed by atoms with van der Waals surface area (Å²) >= 11 is 0. The van der Waals surface area contributed by atoms with Crippen molar-refractivity contribution in [1.29, 1.82) is 0 Å². The van der Waals surface area contributed by atoms with Gasteiger partial charge in [0.25, 0.3) is 0 Å². The number of aromatic nitrogens is 2. The fourth-order valence-electron chi connectivity index (χ4n) is 1.82. The van der Waals surface area contributed by atoms with Crippen molar-refractivity contribution in [1.82, 2.24) is 9.97 Å². The minimum absolute atomic E-state index is 0.650. The van der Waals surface area contributed by atoms with E-state index in [0.29, 0.717) is 5.69 Å². The Morgan fingerprint density at radius 1 is 1.37 bits per heavy atom. The van der Waals surface area contributed by atoms with E-state index in [1.165, 1.54) is 11.6 Å². The number of aryl methyl sites for hydroxylation is 2. The topological polar surface area (TPSA) is 66.0 Å². The molecule has 2 aromatic rings. The molecule has 0 unspecified atom stereocenters. The van der Waals surface area contributed by atoms with Crippen LogP contribution in [0.4, 0.5) is 0 Å². The molecule has 0 amide bonds. The van der Waals surface area contributed by atoms with Crippen molar-refractivity contribution in [2.45, 2.75) is 20.3 Å². The summed E-state index contributed by atoms with van der Waals surface area (Å²) in [5, 5.41) is 8.62. The molecule has 0 aliphatic rings. The molecule has 0 spiro atoms. The van der Waals surface area contributed by atoms with Gasteiger partial charge < -0.3 is 10.1 Å². The minimum atomic E-state index is -0.976. The Hall–Kier alpha value is -2.36. The Morgan fingerprint density at radius 3 is 2.63 bits per heavy atom. The third kappa shape index (κ3) is 3.10. The Kier molecular flexibility index (Phi) is 3.80. The van der Waals surface area contributed by atoms with Crippen LogP contribution in [-0.2, 0) is 11.2 Å². The highest BCUT2D eigenvalue weighted by Crippen LogP contribution is 2.19. The number of aliphatic carboxylic acids is 1. The molecule has 2 N–H and O–H groups in total. The van der Waals surface area contributed by atoms with Crippen LogP contribution in [0, 0.1) is 6.92 Å². The van der Waals surface area contributed by atoms with Crippen molar-refractivity contribution in [3.63, 3.8) is 0 Å². The maximum absolute atomic E-state index is 10.5. The van der Waals surface area contributed by atoms with Gasteiger partial charge in [-0.05, 0) is 25.0 Å². The van der Waals surface area contributed by atoms with E-state index in [1.54, 1.807) is 0 Å². The number of nitrogens with one attached hydrogen (secondary N) is 1. The molecule has 98 valence electrons. The zero-order valence-corrected chi connectivity index (χ0v) is 11.0. The zero-order chi connectivity index (χ0) is 13.8. The highest BCUT2D eigenvalue weighted by atomic mass is 16.4. The van der Waals surface area contributed by atoms with E-state index in [1.807, 2.05) is 19.1 Å². The number of H-pyrrole nitrogens is 1.